The van der Waals surface area contributed by atoms with Gasteiger partial charge in [-0.3, -0.25) is 9.59 Å². The Kier molecular flexibility index (Phi) is 8.51. The molecule has 1 unspecified atom stereocenters. The van der Waals surface area contributed by atoms with Gasteiger partial charge in [-0.1, -0.05) is 35.3 Å². The topological polar surface area (TPSA) is 77.1 Å². The van der Waals surface area contributed by atoms with Gasteiger partial charge < -0.3 is 24.4 Å². The molecule has 0 aliphatic carbocycles. The lowest BCUT2D eigenvalue weighted by Gasteiger charge is -2.29. The number of ether oxygens (including phenoxy) is 3. The number of amides is 1. The number of Topliss-reactive ketones (excluding diaryl/α,β-unsaturated/α-hetero) is 1. The van der Waals surface area contributed by atoms with Crippen LogP contribution in [-0.4, -0.2) is 50.8 Å². The van der Waals surface area contributed by atoms with Crippen molar-refractivity contribution in [3.8, 4) is 5.75 Å². The first kappa shape index (κ1) is 26.7. The number of ketones is 1. The molecule has 0 spiro atoms. The van der Waals surface area contributed by atoms with E-state index >= 15 is 0 Å². The number of carbonyl (C=O) groups is 2. The monoisotopic (exact) mass is 540 g/mol. The van der Waals surface area contributed by atoms with Crippen LogP contribution in [0.2, 0.25) is 10.0 Å². The van der Waals surface area contributed by atoms with Crippen LogP contribution in [0.4, 0.5) is 5.69 Å². The van der Waals surface area contributed by atoms with E-state index in [2.05, 4.69) is 5.32 Å². The van der Waals surface area contributed by atoms with Crippen molar-refractivity contribution in [1.29, 1.82) is 0 Å². The van der Waals surface area contributed by atoms with Crippen molar-refractivity contribution < 1.29 is 23.8 Å². The lowest BCUT2D eigenvalue weighted by molar-refractivity contribution is -0.142. The fraction of sp³-hybridized carbons (Fsp3) is 0.214. The van der Waals surface area contributed by atoms with Crippen molar-refractivity contribution in [2.24, 2.45) is 0 Å². The molecule has 3 aromatic rings. The van der Waals surface area contributed by atoms with Gasteiger partial charge in [-0.25, -0.2) is 0 Å². The maximum Gasteiger partial charge on any atom is 0.271 e. The first-order valence-corrected chi connectivity index (χ1v) is 12.2. The molecule has 0 bridgehead atoms. The molecule has 1 aliphatic rings. The van der Waals surface area contributed by atoms with Gasteiger partial charge in [0, 0.05) is 35.5 Å². The third-order valence-corrected chi connectivity index (χ3v) is 6.60. The predicted molar refractivity (Wildman–Crippen MR) is 143 cm³/mol. The second kappa shape index (κ2) is 11.8. The quantitative estimate of drug-likeness (QED) is 0.260. The van der Waals surface area contributed by atoms with Crippen LogP contribution in [0.25, 0.3) is 0 Å². The van der Waals surface area contributed by atoms with Crippen LogP contribution in [0.15, 0.2) is 84.1 Å². The second-order valence-electron chi connectivity index (χ2n) is 8.29. The molecule has 0 saturated heterocycles. The Morgan fingerprint density at radius 3 is 2.00 bits per heavy atom. The van der Waals surface area contributed by atoms with E-state index in [-0.39, 0.29) is 23.9 Å². The largest absolute Gasteiger partial charge is 0.497 e. The molecule has 1 heterocycles. The number of anilines is 1. The summed E-state index contributed by atoms with van der Waals surface area (Å²) in [4.78, 5) is 29.5. The average molecular weight is 541 g/mol. The van der Waals surface area contributed by atoms with Gasteiger partial charge in [0.2, 0.25) is 0 Å². The summed E-state index contributed by atoms with van der Waals surface area (Å²) in [6, 6.07) is 20.0. The van der Waals surface area contributed by atoms with Crippen LogP contribution >= 0.6 is 23.2 Å². The lowest BCUT2D eigenvalue weighted by Crippen LogP contribution is -2.39. The van der Waals surface area contributed by atoms with E-state index in [0.29, 0.717) is 38.2 Å². The van der Waals surface area contributed by atoms with Gasteiger partial charge in [0.15, 0.2) is 12.1 Å². The van der Waals surface area contributed by atoms with Crippen molar-refractivity contribution in [3.05, 3.63) is 105 Å². The van der Waals surface area contributed by atoms with Crippen LogP contribution in [0.5, 0.6) is 5.75 Å². The van der Waals surface area contributed by atoms with Crippen LogP contribution in [-0.2, 0) is 14.3 Å². The number of nitrogens with one attached hydrogen (secondary N) is 1. The fourth-order valence-electron chi connectivity index (χ4n) is 4.19. The Balaban J connectivity index is 1.87. The average Bonchev–Trinajstić information content (AvgIpc) is 3.19. The van der Waals surface area contributed by atoms with Crippen molar-refractivity contribution >= 4 is 40.6 Å². The number of hydrogen-bond donors (Lipinski definition) is 1. The Bertz CT molecular complexity index is 1290. The summed E-state index contributed by atoms with van der Waals surface area (Å²) in [6.45, 7) is 0.0876. The molecule has 4 rings (SSSR count). The van der Waals surface area contributed by atoms with Gasteiger partial charge in [-0.2, -0.15) is 0 Å². The molecule has 37 heavy (non-hydrogen) atoms. The van der Waals surface area contributed by atoms with E-state index in [1.807, 2.05) is 0 Å². The highest BCUT2D eigenvalue weighted by molar-refractivity contribution is 6.31. The van der Waals surface area contributed by atoms with E-state index in [1.54, 1.807) is 84.8 Å². The molecule has 0 fully saturated rings. The molecule has 0 saturated carbocycles. The van der Waals surface area contributed by atoms with Crippen molar-refractivity contribution in [2.45, 2.75) is 12.3 Å². The van der Waals surface area contributed by atoms with E-state index in [0.717, 1.165) is 0 Å². The van der Waals surface area contributed by atoms with Gasteiger partial charge in [0.25, 0.3) is 5.91 Å². The number of benzene rings is 3. The SMILES string of the molecule is COc1ccc(C(=O)C2=C(Nc3ccc(Cl)cc3)C(=O)N(CC(OC)OC)C2c2ccc(Cl)cc2)cc1. The molecular weight excluding hydrogens is 515 g/mol. The van der Waals surface area contributed by atoms with Crippen molar-refractivity contribution in [1.82, 2.24) is 4.90 Å². The Labute approximate surface area is 225 Å². The van der Waals surface area contributed by atoms with E-state index < -0.39 is 12.3 Å². The molecule has 1 aliphatic heterocycles. The molecule has 7 nitrogen and oxygen atoms in total. The summed E-state index contributed by atoms with van der Waals surface area (Å²) in [5.74, 6) is -0.0568. The number of halogens is 2. The minimum Gasteiger partial charge on any atom is -0.497 e. The van der Waals surface area contributed by atoms with Crippen LogP contribution < -0.4 is 10.1 Å². The number of methoxy groups -OCH3 is 3. The highest BCUT2D eigenvalue weighted by atomic mass is 35.5. The van der Waals surface area contributed by atoms with Crippen LogP contribution in [0, 0.1) is 0 Å². The van der Waals surface area contributed by atoms with Gasteiger partial charge in [0.05, 0.1) is 25.3 Å². The van der Waals surface area contributed by atoms with E-state index in [9.17, 15) is 9.59 Å². The lowest BCUT2D eigenvalue weighted by atomic mass is 9.92. The summed E-state index contributed by atoms with van der Waals surface area (Å²) in [5, 5.41) is 4.26. The van der Waals surface area contributed by atoms with Gasteiger partial charge in [-0.15, -0.1) is 0 Å². The number of carbonyl (C=O) groups excluding carboxylic acids is 2. The summed E-state index contributed by atoms with van der Waals surface area (Å²) < 4.78 is 16.0. The minimum atomic E-state index is -0.720. The summed E-state index contributed by atoms with van der Waals surface area (Å²) in [7, 11) is 4.55. The molecule has 1 N–H and O–H groups in total. The maximum atomic E-state index is 14.0. The number of rotatable bonds is 10. The molecule has 9 heteroatoms. The summed E-state index contributed by atoms with van der Waals surface area (Å²) >= 11 is 12.2. The van der Waals surface area contributed by atoms with Gasteiger partial charge >= 0.3 is 0 Å². The van der Waals surface area contributed by atoms with Gasteiger partial charge in [0.1, 0.15) is 11.4 Å². The van der Waals surface area contributed by atoms with Gasteiger partial charge in [-0.05, 0) is 66.2 Å². The molecule has 3 aromatic carbocycles. The third-order valence-electron chi connectivity index (χ3n) is 6.10. The van der Waals surface area contributed by atoms with Crippen molar-refractivity contribution in [2.75, 3.05) is 33.2 Å². The van der Waals surface area contributed by atoms with Crippen LogP contribution in [0.3, 0.4) is 0 Å². The van der Waals surface area contributed by atoms with E-state index in [4.69, 9.17) is 37.4 Å². The highest BCUT2D eigenvalue weighted by Gasteiger charge is 2.44. The molecule has 0 radical (unpaired) electrons. The zero-order chi connectivity index (χ0) is 26.5. The molecule has 192 valence electrons. The van der Waals surface area contributed by atoms with E-state index in [1.165, 1.54) is 14.2 Å². The molecule has 0 aromatic heterocycles. The predicted octanol–water partition coefficient (Wildman–Crippen LogP) is 5.75. The number of hydrogen-bond acceptors (Lipinski definition) is 6. The highest BCUT2D eigenvalue weighted by Crippen LogP contribution is 2.41. The fourth-order valence-corrected chi connectivity index (χ4v) is 4.44. The maximum absolute atomic E-state index is 14.0. The molecular formula is C28H26Cl2N2O5. The summed E-state index contributed by atoms with van der Waals surface area (Å²) in [5.41, 5.74) is 2.19. The zero-order valence-corrected chi connectivity index (χ0v) is 22.0. The second-order valence-corrected chi connectivity index (χ2v) is 9.16. The Morgan fingerprint density at radius 2 is 1.46 bits per heavy atom. The summed E-state index contributed by atoms with van der Waals surface area (Å²) in [6.07, 6.45) is -0.703. The smallest absolute Gasteiger partial charge is 0.271 e. The first-order chi connectivity index (χ1) is 17.9. The Hall–Kier alpha value is -3.36. The first-order valence-electron chi connectivity index (χ1n) is 11.4. The zero-order valence-electron chi connectivity index (χ0n) is 20.5. The normalized spacial score (nSPS) is 15.5. The standard InChI is InChI=1S/C28H26Cl2N2O5/c1-35-22-14-6-18(7-15-22)27(33)24-25(31-21-12-10-20(30)11-13-21)28(34)32(16-23(36-2)37-3)26(24)17-4-8-19(29)9-5-17/h4-15,23,26,31H,16H2,1-3H3. The van der Waals surface area contributed by atoms with Crippen LogP contribution in [0.1, 0.15) is 22.0 Å². The molecule has 1 amide bonds. The third kappa shape index (κ3) is 5.81. The van der Waals surface area contributed by atoms with Crippen molar-refractivity contribution in [3.63, 3.8) is 0 Å². The minimum absolute atomic E-state index is 0.0876. The number of nitrogens with zero attached hydrogens (tertiary/aromatic N) is 1. The molecule has 1 atom stereocenters. The Morgan fingerprint density at radius 1 is 0.892 bits per heavy atom.